The average molecular weight is 274 g/mol. The van der Waals surface area contributed by atoms with E-state index in [1.165, 1.54) is 18.4 Å². The van der Waals surface area contributed by atoms with Crippen molar-refractivity contribution in [2.75, 3.05) is 13.1 Å². The lowest BCUT2D eigenvalue weighted by molar-refractivity contribution is -0.121. The Labute approximate surface area is 122 Å². The van der Waals surface area contributed by atoms with E-state index in [9.17, 15) is 4.79 Å². The Balaban J connectivity index is 1.47. The minimum atomic E-state index is 0.215. The van der Waals surface area contributed by atoms with Crippen molar-refractivity contribution in [1.82, 2.24) is 10.6 Å². The smallest absolute Gasteiger partial charge is 0.220 e. The molecule has 1 aromatic rings. The van der Waals surface area contributed by atoms with Gasteiger partial charge in [-0.2, -0.15) is 0 Å². The SMILES string of the molecule is CC(CCNCCCC(=O)NC1CC1)c1ccccc1. The third-order valence-electron chi connectivity index (χ3n) is 3.82. The van der Waals surface area contributed by atoms with Gasteiger partial charge in [-0.1, -0.05) is 37.3 Å². The van der Waals surface area contributed by atoms with E-state index in [-0.39, 0.29) is 5.91 Å². The summed E-state index contributed by atoms with van der Waals surface area (Å²) in [6.45, 7) is 4.21. The summed E-state index contributed by atoms with van der Waals surface area (Å²) in [6.07, 6.45) is 5.05. The highest BCUT2D eigenvalue weighted by Gasteiger charge is 2.22. The lowest BCUT2D eigenvalue weighted by Gasteiger charge is -2.12. The van der Waals surface area contributed by atoms with Crippen LogP contribution in [-0.4, -0.2) is 25.0 Å². The average Bonchev–Trinajstić information content (AvgIpc) is 3.27. The van der Waals surface area contributed by atoms with E-state index in [2.05, 4.69) is 47.9 Å². The fourth-order valence-corrected chi connectivity index (χ4v) is 2.29. The third-order valence-corrected chi connectivity index (χ3v) is 3.82. The first-order valence-corrected chi connectivity index (χ1v) is 7.80. The van der Waals surface area contributed by atoms with Crippen LogP contribution in [0.2, 0.25) is 0 Å². The van der Waals surface area contributed by atoms with Crippen molar-refractivity contribution in [3.05, 3.63) is 35.9 Å². The number of amides is 1. The van der Waals surface area contributed by atoms with E-state index < -0.39 is 0 Å². The first-order chi connectivity index (χ1) is 9.75. The van der Waals surface area contributed by atoms with Crippen LogP contribution in [-0.2, 0) is 4.79 Å². The van der Waals surface area contributed by atoms with Crippen LogP contribution >= 0.6 is 0 Å². The lowest BCUT2D eigenvalue weighted by Crippen LogP contribution is -2.26. The number of rotatable bonds is 9. The number of benzene rings is 1. The number of carbonyl (C=O) groups excluding carboxylic acids is 1. The highest BCUT2D eigenvalue weighted by molar-refractivity contribution is 5.76. The Hall–Kier alpha value is -1.35. The summed E-state index contributed by atoms with van der Waals surface area (Å²) in [5.41, 5.74) is 1.40. The molecule has 0 aliphatic heterocycles. The van der Waals surface area contributed by atoms with Crippen LogP contribution in [0.25, 0.3) is 0 Å². The molecule has 0 aromatic heterocycles. The van der Waals surface area contributed by atoms with E-state index in [4.69, 9.17) is 0 Å². The van der Waals surface area contributed by atoms with Crippen LogP contribution in [0.3, 0.4) is 0 Å². The Bertz CT molecular complexity index is 401. The molecule has 2 rings (SSSR count). The van der Waals surface area contributed by atoms with Crippen LogP contribution in [0.5, 0.6) is 0 Å². The van der Waals surface area contributed by atoms with Gasteiger partial charge in [-0.3, -0.25) is 4.79 Å². The van der Waals surface area contributed by atoms with Crippen LogP contribution in [0.1, 0.15) is 50.5 Å². The van der Waals surface area contributed by atoms with Gasteiger partial charge in [0, 0.05) is 12.5 Å². The van der Waals surface area contributed by atoms with E-state index >= 15 is 0 Å². The van der Waals surface area contributed by atoms with Crippen LogP contribution in [0, 0.1) is 0 Å². The number of nitrogens with one attached hydrogen (secondary N) is 2. The number of hydrogen-bond donors (Lipinski definition) is 2. The summed E-state index contributed by atoms with van der Waals surface area (Å²) < 4.78 is 0. The summed E-state index contributed by atoms with van der Waals surface area (Å²) in [7, 11) is 0. The molecule has 1 saturated carbocycles. The van der Waals surface area contributed by atoms with Crippen molar-refractivity contribution in [3.63, 3.8) is 0 Å². The maximum atomic E-state index is 11.5. The molecule has 0 heterocycles. The van der Waals surface area contributed by atoms with Crippen molar-refractivity contribution in [2.45, 2.75) is 51.0 Å². The van der Waals surface area contributed by atoms with Crippen LogP contribution in [0.4, 0.5) is 0 Å². The largest absolute Gasteiger partial charge is 0.353 e. The highest BCUT2D eigenvalue weighted by atomic mass is 16.1. The molecule has 1 fully saturated rings. The van der Waals surface area contributed by atoms with Gasteiger partial charge < -0.3 is 10.6 Å². The van der Waals surface area contributed by atoms with E-state index in [0.717, 1.165) is 25.9 Å². The molecule has 1 aliphatic rings. The fraction of sp³-hybridized carbons (Fsp3) is 0.588. The summed E-state index contributed by atoms with van der Waals surface area (Å²) >= 11 is 0. The Morgan fingerprint density at radius 1 is 1.25 bits per heavy atom. The summed E-state index contributed by atoms with van der Waals surface area (Å²) in [4.78, 5) is 11.5. The van der Waals surface area contributed by atoms with E-state index in [1.54, 1.807) is 0 Å². The molecule has 0 radical (unpaired) electrons. The fourth-order valence-electron chi connectivity index (χ4n) is 2.29. The summed E-state index contributed by atoms with van der Waals surface area (Å²) in [5.74, 6) is 0.800. The standard InChI is InChI=1S/C17H26N2O/c1-14(15-6-3-2-4-7-15)11-13-18-12-5-8-17(20)19-16-9-10-16/h2-4,6-7,14,16,18H,5,8-13H2,1H3,(H,19,20). The molecule has 0 spiro atoms. The van der Waals surface area contributed by atoms with E-state index in [0.29, 0.717) is 18.4 Å². The summed E-state index contributed by atoms with van der Waals surface area (Å²) in [6, 6.07) is 11.1. The van der Waals surface area contributed by atoms with Gasteiger partial charge in [-0.05, 0) is 50.3 Å². The van der Waals surface area contributed by atoms with Crippen molar-refractivity contribution < 1.29 is 4.79 Å². The third kappa shape index (κ3) is 5.74. The van der Waals surface area contributed by atoms with Crippen LogP contribution in [0.15, 0.2) is 30.3 Å². The maximum absolute atomic E-state index is 11.5. The first-order valence-electron chi connectivity index (χ1n) is 7.80. The molecule has 1 unspecified atom stereocenters. The van der Waals surface area contributed by atoms with Gasteiger partial charge in [0.25, 0.3) is 0 Å². The quantitative estimate of drug-likeness (QED) is 0.680. The predicted molar refractivity (Wildman–Crippen MR) is 82.7 cm³/mol. The monoisotopic (exact) mass is 274 g/mol. The topological polar surface area (TPSA) is 41.1 Å². The zero-order valence-corrected chi connectivity index (χ0v) is 12.4. The Morgan fingerprint density at radius 2 is 2.00 bits per heavy atom. The molecule has 1 atom stereocenters. The summed E-state index contributed by atoms with van der Waals surface area (Å²) in [5, 5.41) is 6.45. The zero-order valence-electron chi connectivity index (χ0n) is 12.4. The molecule has 20 heavy (non-hydrogen) atoms. The van der Waals surface area contributed by atoms with Gasteiger partial charge in [0.1, 0.15) is 0 Å². The van der Waals surface area contributed by atoms with Crippen molar-refractivity contribution in [2.24, 2.45) is 0 Å². The highest BCUT2D eigenvalue weighted by Crippen LogP contribution is 2.19. The molecule has 3 heteroatoms. The Kier molecular flexibility index (Phi) is 6.06. The van der Waals surface area contributed by atoms with Crippen molar-refractivity contribution in [3.8, 4) is 0 Å². The minimum absolute atomic E-state index is 0.215. The predicted octanol–water partition coefficient (Wildman–Crippen LogP) is 2.83. The molecule has 1 amide bonds. The van der Waals surface area contributed by atoms with Crippen molar-refractivity contribution in [1.29, 1.82) is 0 Å². The van der Waals surface area contributed by atoms with Gasteiger partial charge >= 0.3 is 0 Å². The van der Waals surface area contributed by atoms with Gasteiger partial charge in [-0.25, -0.2) is 0 Å². The lowest BCUT2D eigenvalue weighted by atomic mass is 9.98. The van der Waals surface area contributed by atoms with Crippen molar-refractivity contribution >= 4 is 5.91 Å². The molecule has 1 aromatic carbocycles. The Morgan fingerprint density at radius 3 is 2.70 bits per heavy atom. The molecule has 3 nitrogen and oxygen atoms in total. The molecule has 110 valence electrons. The minimum Gasteiger partial charge on any atom is -0.353 e. The van der Waals surface area contributed by atoms with Gasteiger partial charge in [0.15, 0.2) is 0 Å². The molecular weight excluding hydrogens is 248 g/mol. The van der Waals surface area contributed by atoms with Gasteiger partial charge in [0.05, 0.1) is 0 Å². The molecule has 0 bridgehead atoms. The molecule has 1 aliphatic carbocycles. The number of carbonyl (C=O) groups is 1. The zero-order chi connectivity index (χ0) is 14.2. The normalized spacial score (nSPS) is 15.8. The van der Waals surface area contributed by atoms with Gasteiger partial charge in [-0.15, -0.1) is 0 Å². The number of hydrogen-bond acceptors (Lipinski definition) is 2. The first kappa shape index (κ1) is 15.0. The van der Waals surface area contributed by atoms with Crippen LogP contribution < -0.4 is 10.6 Å². The second-order valence-corrected chi connectivity index (χ2v) is 5.80. The molecule has 0 saturated heterocycles. The second-order valence-electron chi connectivity index (χ2n) is 5.80. The van der Waals surface area contributed by atoms with Gasteiger partial charge in [0.2, 0.25) is 5.91 Å². The molecular formula is C17H26N2O. The van der Waals surface area contributed by atoms with E-state index in [1.807, 2.05) is 0 Å². The maximum Gasteiger partial charge on any atom is 0.220 e. The second kappa shape index (κ2) is 8.05. The molecule has 2 N–H and O–H groups in total.